The Morgan fingerprint density at radius 1 is 1.91 bits per heavy atom. The highest BCUT2D eigenvalue weighted by Gasteiger charge is 2.24. The fourth-order valence-electron chi connectivity index (χ4n) is 0.751. The van der Waals surface area contributed by atoms with Crippen LogP contribution in [0.3, 0.4) is 0 Å². The molecule has 11 heavy (non-hydrogen) atoms. The van der Waals surface area contributed by atoms with Gasteiger partial charge in [0.15, 0.2) is 0 Å². The zero-order valence-corrected chi connectivity index (χ0v) is 7.72. The standard InChI is InChI=1S/C6H10BrN3O/c1-6(8,3-11)5-4(7)2-9-10-5/h2,11H,3,8H2,1H3,(H,9,10). The van der Waals surface area contributed by atoms with Crippen LogP contribution in [0.4, 0.5) is 0 Å². The zero-order chi connectivity index (χ0) is 8.48. The van der Waals surface area contributed by atoms with E-state index in [0.717, 1.165) is 4.47 Å². The largest absolute Gasteiger partial charge is 0.394 e. The van der Waals surface area contributed by atoms with Gasteiger partial charge in [-0.1, -0.05) is 0 Å². The number of nitrogens with two attached hydrogens (primary N) is 1. The highest BCUT2D eigenvalue weighted by atomic mass is 79.9. The van der Waals surface area contributed by atoms with Crippen molar-refractivity contribution in [3.63, 3.8) is 0 Å². The predicted molar refractivity (Wildman–Crippen MR) is 44.9 cm³/mol. The van der Waals surface area contributed by atoms with Gasteiger partial charge in [-0.3, -0.25) is 5.10 Å². The quantitative estimate of drug-likeness (QED) is 0.672. The number of aliphatic hydroxyl groups is 1. The summed E-state index contributed by atoms with van der Waals surface area (Å²) >= 11 is 3.26. The van der Waals surface area contributed by atoms with Gasteiger partial charge >= 0.3 is 0 Å². The van der Waals surface area contributed by atoms with Gasteiger partial charge in [-0.15, -0.1) is 0 Å². The van der Waals surface area contributed by atoms with E-state index in [1.807, 2.05) is 0 Å². The first-order valence-corrected chi connectivity index (χ1v) is 3.96. The average molecular weight is 220 g/mol. The number of aliphatic hydroxyl groups excluding tert-OH is 1. The van der Waals surface area contributed by atoms with Crippen molar-refractivity contribution in [3.8, 4) is 0 Å². The van der Waals surface area contributed by atoms with E-state index in [1.54, 1.807) is 13.1 Å². The summed E-state index contributed by atoms with van der Waals surface area (Å²) in [5.74, 6) is 0. The van der Waals surface area contributed by atoms with Crippen molar-refractivity contribution >= 4 is 15.9 Å². The molecule has 0 aliphatic rings. The van der Waals surface area contributed by atoms with Gasteiger partial charge in [0.05, 0.1) is 28.5 Å². The Hall–Kier alpha value is -0.390. The SMILES string of the molecule is CC(N)(CO)c1[nH]ncc1Br. The second kappa shape index (κ2) is 2.92. The topological polar surface area (TPSA) is 74.9 Å². The maximum atomic E-state index is 8.90. The second-order valence-electron chi connectivity index (χ2n) is 2.67. The molecule has 0 aromatic carbocycles. The highest BCUT2D eigenvalue weighted by molar-refractivity contribution is 9.10. The Kier molecular flexibility index (Phi) is 2.31. The van der Waals surface area contributed by atoms with Gasteiger partial charge in [-0.05, 0) is 22.9 Å². The zero-order valence-electron chi connectivity index (χ0n) is 6.13. The molecule has 1 aromatic rings. The van der Waals surface area contributed by atoms with E-state index in [0.29, 0.717) is 5.69 Å². The van der Waals surface area contributed by atoms with E-state index in [-0.39, 0.29) is 6.61 Å². The first kappa shape index (κ1) is 8.70. The monoisotopic (exact) mass is 219 g/mol. The molecule has 0 fully saturated rings. The molecule has 1 unspecified atom stereocenters. The van der Waals surface area contributed by atoms with E-state index in [4.69, 9.17) is 10.8 Å². The van der Waals surface area contributed by atoms with E-state index < -0.39 is 5.54 Å². The first-order chi connectivity index (χ1) is 5.08. The summed E-state index contributed by atoms with van der Waals surface area (Å²) in [6.07, 6.45) is 1.61. The number of rotatable bonds is 2. The Morgan fingerprint density at radius 2 is 2.55 bits per heavy atom. The highest BCUT2D eigenvalue weighted by Crippen LogP contribution is 2.22. The molecule has 0 aliphatic heterocycles. The van der Waals surface area contributed by atoms with Crippen LogP contribution in [0, 0.1) is 0 Å². The summed E-state index contributed by atoms with van der Waals surface area (Å²) < 4.78 is 0.788. The lowest BCUT2D eigenvalue weighted by Gasteiger charge is -2.19. The van der Waals surface area contributed by atoms with E-state index in [1.165, 1.54) is 0 Å². The number of aromatic amines is 1. The van der Waals surface area contributed by atoms with Crippen LogP contribution < -0.4 is 5.73 Å². The van der Waals surface area contributed by atoms with Gasteiger partial charge in [-0.25, -0.2) is 0 Å². The maximum absolute atomic E-state index is 8.90. The van der Waals surface area contributed by atoms with Crippen LogP contribution in [0.15, 0.2) is 10.7 Å². The summed E-state index contributed by atoms with van der Waals surface area (Å²) in [7, 11) is 0. The molecule has 0 radical (unpaired) electrons. The molecular weight excluding hydrogens is 210 g/mol. The van der Waals surface area contributed by atoms with Gasteiger partial charge < -0.3 is 10.8 Å². The molecule has 5 heteroatoms. The number of H-pyrrole nitrogens is 1. The van der Waals surface area contributed by atoms with Crippen molar-refractivity contribution in [2.75, 3.05) is 6.61 Å². The number of hydrogen-bond acceptors (Lipinski definition) is 3. The number of nitrogens with one attached hydrogen (secondary N) is 1. The molecular formula is C6H10BrN3O. The normalized spacial score (nSPS) is 16.4. The van der Waals surface area contributed by atoms with Crippen LogP contribution in [0.5, 0.6) is 0 Å². The lowest BCUT2D eigenvalue weighted by Crippen LogP contribution is -2.37. The number of aromatic nitrogens is 2. The lowest BCUT2D eigenvalue weighted by atomic mass is 10.0. The smallest absolute Gasteiger partial charge is 0.0794 e. The molecule has 4 nitrogen and oxygen atoms in total. The third-order valence-electron chi connectivity index (χ3n) is 1.49. The Morgan fingerprint density at radius 3 is 2.91 bits per heavy atom. The van der Waals surface area contributed by atoms with Crippen LogP contribution in [0.25, 0.3) is 0 Å². The van der Waals surface area contributed by atoms with Crippen molar-refractivity contribution in [1.82, 2.24) is 10.2 Å². The molecule has 1 atom stereocenters. The molecule has 0 saturated heterocycles. The van der Waals surface area contributed by atoms with Crippen LogP contribution in [0.1, 0.15) is 12.6 Å². The molecule has 4 N–H and O–H groups in total. The molecule has 1 rings (SSSR count). The summed E-state index contributed by atoms with van der Waals surface area (Å²) in [6.45, 7) is 1.61. The van der Waals surface area contributed by atoms with Crippen molar-refractivity contribution < 1.29 is 5.11 Å². The summed E-state index contributed by atoms with van der Waals surface area (Å²) in [5.41, 5.74) is 5.69. The molecule has 1 heterocycles. The number of hydrogen-bond donors (Lipinski definition) is 3. The summed E-state index contributed by atoms with van der Waals surface area (Å²) in [4.78, 5) is 0. The lowest BCUT2D eigenvalue weighted by molar-refractivity contribution is 0.206. The Bertz CT molecular complexity index is 246. The molecule has 62 valence electrons. The molecule has 0 bridgehead atoms. The van der Waals surface area contributed by atoms with E-state index in [2.05, 4.69) is 26.1 Å². The Balaban J connectivity index is 3.00. The average Bonchev–Trinajstić information content (AvgIpc) is 2.36. The minimum atomic E-state index is -0.755. The molecule has 1 aromatic heterocycles. The van der Waals surface area contributed by atoms with Crippen LogP contribution in [-0.4, -0.2) is 21.9 Å². The molecule has 0 saturated carbocycles. The fourth-order valence-corrected chi connectivity index (χ4v) is 1.39. The summed E-state index contributed by atoms with van der Waals surface area (Å²) in [6, 6.07) is 0. The van der Waals surface area contributed by atoms with Gasteiger partial charge in [0.25, 0.3) is 0 Å². The second-order valence-corrected chi connectivity index (χ2v) is 3.52. The number of nitrogens with zero attached hydrogens (tertiary/aromatic N) is 1. The first-order valence-electron chi connectivity index (χ1n) is 3.17. The third-order valence-corrected chi connectivity index (χ3v) is 2.09. The van der Waals surface area contributed by atoms with Gasteiger partial charge in [-0.2, -0.15) is 5.10 Å². The molecule has 0 amide bonds. The van der Waals surface area contributed by atoms with Crippen molar-refractivity contribution in [3.05, 3.63) is 16.4 Å². The van der Waals surface area contributed by atoms with Crippen molar-refractivity contribution in [2.24, 2.45) is 5.73 Å². The van der Waals surface area contributed by atoms with Crippen LogP contribution >= 0.6 is 15.9 Å². The van der Waals surface area contributed by atoms with Crippen LogP contribution in [0.2, 0.25) is 0 Å². The van der Waals surface area contributed by atoms with Gasteiger partial charge in [0.1, 0.15) is 0 Å². The minimum absolute atomic E-state index is 0.117. The van der Waals surface area contributed by atoms with Gasteiger partial charge in [0, 0.05) is 0 Å². The third kappa shape index (κ3) is 1.61. The van der Waals surface area contributed by atoms with E-state index >= 15 is 0 Å². The maximum Gasteiger partial charge on any atom is 0.0794 e. The van der Waals surface area contributed by atoms with E-state index in [9.17, 15) is 0 Å². The van der Waals surface area contributed by atoms with Crippen molar-refractivity contribution in [1.29, 1.82) is 0 Å². The Labute approximate surface area is 72.9 Å². The minimum Gasteiger partial charge on any atom is -0.394 e. The predicted octanol–water partition coefficient (Wildman–Crippen LogP) is 0.338. The van der Waals surface area contributed by atoms with Crippen molar-refractivity contribution in [2.45, 2.75) is 12.5 Å². The summed E-state index contributed by atoms with van der Waals surface area (Å²) in [5, 5.41) is 15.4. The molecule has 0 aliphatic carbocycles. The molecule has 0 spiro atoms. The van der Waals surface area contributed by atoms with Gasteiger partial charge in [0.2, 0.25) is 0 Å². The van der Waals surface area contributed by atoms with Crippen LogP contribution in [-0.2, 0) is 5.54 Å². The fraction of sp³-hybridized carbons (Fsp3) is 0.500. The number of halogens is 1.